The molecule has 1 amide bonds. The molecule has 0 aliphatic carbocycles. The smallest absolute Gasteiger partial charge is 0.235 e. The van der Waals surface area contributed by atoms with Gasteiger partial charge in [0.1, 0.15) is 0 Å². The summed E-state index contributed by atoms with van der Waals surface area (Å²) in [4.78, 5) is 15.1. The van der Waals surface area contributed by atoms with Crippen molar-refractivity contribution in [3.63, 3.8) is 0 Å². The van der Waals surface area contributed by atoms with Crippen molar-refractivity contribution in [1.29, 1.82) is 0 Å². The number of amides is 1. The van der Waals surface area contributed by atoms with Crippen molar-refractivity contribution < 1.29 is 4.79 Å². The summed E-state index contributed by atoms with van der Waals surface area (Å²) in [5.41, 5.74) is 5.80. The summed E-state index contributed by atoms with van der Waals surface area (Å²) >= 11 is 0. The number of fused-ring (bicyclic) bond motifs is 1. The van der Waals surface area contributed by atoms with Crippen molar-refractivity contribution in [2.75, 3.05) is 4.90 Å². The molecule has 1 atom stereocenters. The average Bonchev–Trinajstić information content (AvgIpc) is 2.90. The minimum absolute atomic E-state index is 0.0948. The molecule has 2 nitrogen and oxygen atoms in total. The van der Waals surface area contributed by atoms with Crippen LogP contribution in [0.2, 0.25) is 0 Å². The van der Waals surface area contributed by atoms with Crippen molar-refractivity contribution in [3.05, 3.63) is 101 Å². The summed E-state index contributed by atoms with van der Waals surface area (Å²) in [7, 11) is 0. The van der Waals surface area contributed by atoms with E-state index in [0.717, 1.165) is 23.2 Å². The van der Waals surface area contributed by atoms with E-state index in [0.29, 0.717) is 6.54 Å². The highest BCUT2D eigenvalue weighted by Gasteiger charge is 2.36. The standard InChI is InChI=1S/C23H21NO/c1-17-11-13-18(14-12-17)15-21-20-9-5-6-10-22(20)24(23(21)25)16-19-7-3-2-4-8-19/h2-14,21H,15-16H2,1H3. The molecule has 4 rings (SSSR count). The van der Waals surface area contributed by atoms with Crippen molar-refractivity contribution in [2.45, 2.75) is 25.8 Å². The molecule has 1 heterocycles. The molecule has 0 saturated heterocycles. The van der Waals surface area contributed by atoms with Crippen LogP contribution in [-0.2, 0) is 17.8 Å². The number of benzene rings is 3. The van der Waals surface area contributed by atoms with Gasteiger partial charge < -0.3 is 4.90 Å². The van der Waals surface area contributed by atoms with Crippen LogP contribution in [0.5, 0.6) is 0 Å². The quantitative estimate of drug-likeness (QED) is 0.669. The monoisotopic (exact) mass is 327 g/mol. The van der Waals surface area contributed by atoms with E-state index >= 15 is 0 Å². The maximum Gasteiger partial charge on any atom is 0.235 e. The summed E-state index contributed by atoms with van der Waals surface area (Å²) < 4.78 is 0. The highest BCUT2D eigenvalue weighted by atomic mass is 16.2. The lowest BCUT2D eigenvalue weighted by Gasteiger charge is -2.18. The lowest BCUT2D eigenvalue weighted by atomic mass is 9.93. The first-order chi connectivity index (χ1) is 12.2. The number of anilines is 1. The molecule has 0 aromatic heterocycles. The molecule has 1 aliphatic heterocycles. The Balaban J connectivity index is 1.65. The number of para-hydroxylation sites is 1. The zero-order chi connectivity index (χ0) is 17.2. The molecule has 0 N–H and O–H groups in total. The molecular formula is C23H21NO. The Hall–Kier alpha value is -2.87. The van der Waals surface area contributed by atoms with E-state index < -0.39 is 0 Å². The zero-order valence-corrected chi connectivity index (χ0v) is 14.4. The molecule has 3 aromatic rings. The number of rotatable bonds is 4. The summed E-state index contributed by atoms with van der Waals surface area (Å²) in [6.45, 7) is 2.71. The van der Waals surface area contributed by atoms with Crippen LogP contribution < -0.4 is 4.90 Å². The number of carbonyl (C=O) groups is 1. The van der Waals surface area contributed by atoms with Gasteiger partial charge in [0.15, 0.2) is 0 Å². The molecule has 0 fully saturated rings. The second-order valence-corrected chi connectivity index (χ2v) is 6.71. The van der Waals surface area contributed by atoms with Gasteiger partial charge in [-0.05, 0) is 36.1 Å². The van der Waals surface area contributed by atoms with Crippen molar-refractivity contribution >= 4 is 11.6 Å². The van der Waals surface area contributed by atoms with E-state index in [1.54, 1.807) is 0 Å². The van der Waals surface area contributed by atoms with Gasteiger partial charge in [0.2, 0.25) is 5.91 Å². The maximum atomic E-state index is 13.2. The number of carbonyl (C=O) groups excluding carboxylic acids is 1. The van der Waals surface area contributed by atoms with Crippen LogP contribution in [0.3, 0.4) is 0 Å². The van der Waals surface area contributed by atoms with Crippen LogP contribution in [0, 0.1) is 6.92 Å². The average molecular weight is 327 g/mol. The molecule has 0 spiro atoms. The fourth-order valence-electron chi connectivity index (χ4n) is 3.55. The molecular weight excluding hydrogens is 306 g/mol. The first-order valence-electron chi connectivity index (χ1n) is 8.72. The summed E-state index contributed by atoms with van der Waals surface area (Å²) in [6, 6.07) is 26.9. The largest absolute Gasteiger partial charge is 0.307 e. The number of aryl methyl sites for hydroxylation is 1. The molecule has 1 aliphatic rings. The molecule has 124 valence electrons. The first kappa shape index (κ1) is 15.6. The molecule has 3 aromatic carbocycles. The van der Waals surface area contributed by atoms with E-state index in [4.69, 9.17) is 0 Å². The summed E-state index contributed by atoms with van der Waals surface area (Å²) in [5, 5.41) is 0. The van der Waals surface area contributed by atoms with Crippen LogP contribution in [-0.4, -0.2) is 5.91 Å². The van der Waals surface area contributed by atoms with Gasteiger partial charge in [-0.2, -0.15) is 0 Å². The van der Waals surface area contributed by atoms with E-state index in [1.165, 1.54) is 11.1 Å². The van der Waals surface area contributed by atoms with Crippen molar-refractivity contribution in [1.82, 2.24) is 0 Å². The minimum Gasteiger partial charge on any atom is -0.307 e. The Kier molecular flexibility index (Phi) is 4.10. The third-order valence-electron chi connectivity index (χ3n) is 4.91. The highest BCUT2D eigenvalue weighted by Crippen LogP contribution is 2.39. The van der Waals surface area contributed by atoms with Gasteiger partial charge in [0.25, 0.3) is 0 Å². The van der Waals surface area contributed by atoms with Crippen LogP contribution in [0.1, 0.15) is 28.2 Å². The second-order valence-electron chi connectivity index (χ2n) is 6.71. The Morgan fingerprint density at radius 1 is 0.800 bits per heavy atom. The summed E-state index contributed by atoms with van der Waals surface area (Å²) in [6.07, 6.45) is 0.751. The second kappa shape index (κ2) is 6.56. The number of hydrogen-bond donors (Lipinski definition) is 0. The van der Waals surface area contributed by atoms with Gasteiger partial charge in [0.05, 0.1) is 12.5 Å². The topological polar surface area (TPSA) is 20.3 Å². The van der Waals surface area contributed by atoms with Gasteiger partial charge in [-0.15, -0.1) is 0 Å². The molecule has 1 unspecified atom stereocenters. The Morgan fingerprint density at radius 2 is 1.48 bits per heavy atom. The first-order valence-corrected chi connectivity index (χ1v) is 8.72. The van der Waals surface area contributed by atoms with E-state index in [-0.39, 0.29) is 11.8 Å². The Morgan fingerprint density at radius 3 is 2.24 bits per heavy atom. The van der Waals surface area contributed by atoms with Crippen molar-refractivity contribution in [2.24, 2.45) is 0 Å². The predicted octanol–water partition coefficient (Wildman–Crippen LogP) is 4.87. The predicted molar refractivity (Wildman–Crippen MR) is 102 cm³/mol. The fourth-order valence-corrected chi connectivity index (χ4v) is 3.55. The highest BCUT2D eigenvalue weighted by molar-refractivity contribution is 6.05. The Labute approximate surface area is 148 Å². The van der Waals surface area contributed by atoms with E-state index in [2.05, 4.69) is 55.5 Å². The van der Waals surface area contributed by atoms with E-state index in [1.807, 2.05) is 35.2 Å². The zero-order valence-electron chi connectivity index (χ0n) is 14.4. The summed E-state index contributed by atoms with van der Waals surface area (Å²) in [5.74, 6) is 0.105. The molecule has 2 heteroatoms. The Bertz CT molecular complexity index is 883. The number of hydrogen-bond acceptors (Lipinski definition) is 1. The van der Waals surface area contributed by atoms with Gasteiger partial charge in [-0.1, -0.05) is 78.4 Å². The molecule has 0 radical (unpaired) electrons. The van der Waals surface area contributed by atoms with Crippen LogP contribution in [0.15, 0.2) is 78.9 Å². The third kappa shape index (κ3) is 3.08. The van der Waals surface area contributed by atoms with Crippen LogP contribution in [0.4, 0.5) is 5.69 Å². The molecule has 0 saturated carbocycles. The van der Waals surface area contributed by atoms with Crippen LogP contribution in [0.25, 0.3) is 0 Å². The third-order valence-corrected chi connectivity index (χ3v) is 4.91. The molecule has 25 heavy (non-hydrogen) atoms. The minimum atomic E-state index is -0.0948. The fraction of sp³-hybridized carbons (Fsp3) is 0.174. The van der Waals surface area contributed by atoms with Gasteiger partial charge in [0, 0.05) is 5.69 Å². The SMILES string of the molecule is Cc1ccc(CC2C(=O)N(Cc3ccccc3)c3ccccc32)cc1. The maximum absolute atomic E-state index is 13.2. The van der Waals surface area contributed by atoms with Crippen LogP contribution >= 0.6 is 0 Å². The van der Waals surface area contributed by atoms with Crippen molar-refractivity contribution in [3.8, 4) is 0 Å². The lowest BCUT2D eigenvalue weighted by Crippen LogP contribution is -2.28. The lowest BCUT2D eigenvalue weighted by molar-refractivity contribution is -0.119. The number of nitrogens with zero attached hydrogens (tertiary/aromatic N) is 1. The normalized spacial score (nSPS) is 16.1. The van der Waals surface area contributed by atoms with Gasteiger partial charge in [-0.3, -0.25) is 4.79 Å². The van der Waals surface area contributed by atoms with E-state index in [9.17, 15) is 4.79 Å². The van der Waals surface area contributed by atoms with Gasteiger partial charge in [-0.25, -0.2) is 0 Å². The van der Waals surface area contributed by atoms with Gasteiger partial charge >= 0.3 is 0 Å². The molecule has 0 bridgehead atoms.